The van der Waals surface area contributed by atoms with Crippen LogP contribution in [0.4, 0.5) is 23.8 Å². The predicted octanol–water partition coefficient (Wildman–Crippen LogP) is 4.25. The van der Waals surface area contributed by atoms with Crippen LogP contribution in [0.3, 0.4) is 0 Å². The highest BCUT2D eigenvalue weighted by molar-refractivity contribution is 7.89. The number of ether oxygens (including phenoxy) is 1. The molecule has 0 spiro atoms. The third-order valence-electron chi connectivity index (χ3n) is 5.32. The van der Waals surface area contributed by atoms with E-state index in [9.17, 15) is 26.4 Å². The van der Waals surface area contributed by atoms with E-state index >= 15 is 0 Å². The van der Waals surface area contributed by atoms with Crippen LogP contribution in [-0.4, -0.2) is 57.3 Å². The first kappa shape index (κ1) is 23.1. The summed E-state index contributed by atoms with van der Waals surface area (Å²) in [5, 5.41) is 9.16. The van der Waals surface area contributed by atoms with Crippen LogP contribution in [0.5, 0.6) is 0 Å². The molecule has 4 rings (SSSR count). The highest BCUT2D eigenvalue weighted by atomic mass is 32.2. The largest absolute Gasteiger partial charge is 0.465 e. The molecule has 1 N–H and O–H groups in total. The van der Waals surface area contributed by atoms with Gasteiger partial charge in [-0.15, -0.1) is 0 Å². The standard InChI is InChI=1S/C21H19F3N2O6S/c1-25(20(27)28)18-12-15-10-14(11-17(19(15)32-18)21(22,23)24)13-2-4-16(5-3-13)33(29,30)26-6-8-31-9-7-26/h2-5,10-12H,6-9H2,1H3,(H,27,28). The van der Waals surface area contributed by atoms with Crippen LogP contribution in [0, 0.1) is 0 Å². The normalized spacial score (nSPS) is 15.6. The van der Waals surface area contributed by atoms with Gasteiger partial charge in [0.25, 0.3) is 0 Å². The number of hydrogen-bond acceptors (Lipinski definition) is 5. The Morgan fingerprint density at radius 2 is 1.70 bits per heavy atom. The van der Waals surface area contributed by atoms with E-state index in [-0.39, 0.29) is 34.8 Å². The van der Waals surface area contributed by atoms with E-state index in [0.29, 0.717) is 23.7 Å². The third kappa shape index (κ3) is 4.41. The van der Waals surface area contributed by atoms with E-state index in [2.05, 4.69) is 0 Å². The van der Waals surface area contributed by atoms with Gasteiger partial charge in [0.1, 0.15) is 5.58 Å². The zero-order valence-corrected chi connectivity index (χ0v) is 18.1. The summed E-state index contributed by atoms with van der Waals surface area (Å²) >= 11 is 0. The average Bonchev–Trinajstić information content (AvgIpc) is 3.21. The maximum Gasteiger partial charge on any atom is 0.420 e. The first-order chi connectivity index (χ1) is 15.5. The molecule has 0 unspecified atom stereocenters. The van der Waals surface area contributed by atoms with Gasteiger partial charge in [-0.25, -0.2) is 13.2 Å². The van der Waals surface area contributed by atoms with Crippen molar-refractivity contribution in [3.05, 3.63) is 48.0 Å². The summed E-state index contributed by atoms with van der Waals surface area (Å²) in [6.07, 6.45) is -6.15. The van der Waals surface area contributed by atoms with E-state index in [1.54, 1.807) is 0 Å². The molecule has 0 aliphatic carbocycles. The molecule has 0 bridgehead atoms. The summed E-state index contributed by atoms with van der Waals surface area (Å²) in [5.41, 5.74) is -1.01. The monoisotopic (exact) mass is 484 g/mol. The van der Waals surface area contributed by atoms with Crippen molar-refractivity contribution < 1.29 is 40.6 Å². The number of sulfonamides is 1. The van der Waals surface area contributed by atoms with E-state index in [1.165, 1.54) is 40.7 Å². The fraction of sp³-hybridized carbons (Fsp3) is 0.286. The molecule has 0 saturated carbocycles. The molecule has 0 atom stereocenters. The van der Waals surface area contributed by atoms with Gasteiger partial charge in [0.05, 0.1) is 23.7 Å². The molecular formula is C21H19F3N2O6S. The molecule has 2 aromatic carbocycles. The van der Waals surface area contributed by atoms with Crippen LogP contribution < -0.4 is 4.90 Å². The summed E-state index contributed by atoms with van der Waals surface area (Å²) < 4.78 is 78.4. The molecular weight excluding hydrogens is 465 g/mol. The molecule has 1 aliphatic heterocycles. The van der Waals surface area contributed by atoms with Crippen molar-refractivity contribution in [1.29, 1.82) is 0 Å². The first-order valence-corrected chi connectivity index (χ1v) is 11.2. The molecule has 1 amide bonds. The van der Waals surface area contributed by atoms with Crippen molar-refractivity contribution in [2.45, 2.75) is 11.1 Å². The van der Waals surface area contributed by atoms with Gasteiger partial charge in [0.2, 0.25) is 15.9 Å². The van der Waals surface area contributed by atoms with Gasteiger partial charge in [-0.3, -0.25) is 4.90 Å². The second-order valence-corrected chi connectivity index (χ2v) is 9.34. The molecule has 3 aromatic rings. The summed E-state index contributed by atoms with van der Waals surface area (Å²) in [6.45, 7) is 1.04. The van der Waals surface area contributed by atoms with Crippen LogP contribution in [0.1, 0.15) is 5.56 Å². The van der Waals surface area contributed by atoms with Crippen molar-refractivity contribution in [2.24, 2.45) is 0 Å². The lowest BCUT2D eigenvalue weighted by molar-refractivity contribution is -0.136. The number of amides is 1. The summed E-state index contributed by atoms with van der Waals surface area (Å²) in [5.74, 6) is -0.257. The van der Waals surface area contributed by atoms with Gasteiger partial charge in [0.15, 0.2) is 0 Å². The summed E-state index contributed by atoms with van der Waals surface area (Å²) in [6, 6.07) is 9.07. The number of anilines is 1. The molecule has 33 heavy (non-hydrogen) atoms. The van der Waals surface area contributed by atoms with Crippen LogP contribution in [-0.2, 0) is 20.9 Å². The third-order valence-corrected chi connectivity index (χ3v) is 7.23. The predicted molar refractivity (Wildman–Crippen MR) is 113 cm³/mol. The van der Waals surface area contributed by atoms with Crippen molar-refractivity contribution in [3.63, 3.8) is 0 Å². The Kier molecular flexibility index (Phi) is 5.85. The minimum Gasteiger partial charge on any atom is -0.465 e. The number of carboxylic acid groups (broad SMARTS) is 1. The van der Waals surface area contributed by atoms with E-state index < -0.39 is 33.4 Å². The fourth-order valence-electron chi connectivity index (χ4n) is 3.53. The second kappa shape index (κ2) is 8.36. The highest BCUT2D eigenvalue weighted by Crippen LogP contribution is 2.41. The number of morpholine rings is 1. The Morgan fingerprint density at radius 1 is 1.06 bits per heavy atom. The van der Waals surface area contributed by atoms with E-state index in [4.69, 9.17) is 14.3 Å². The van der Waals surface area contributed by atoms with Gasteiger partial charge in [-0.1, -0.05) is 12.1 Å². The smallest absolute Gasteiger partial charge is 0.420 e. The number of benzene rings is 2. The Balaban J connectivity index is 1.75. The lowest BCUT2D eigenvalue weighted by Gasteiger charge is -2.26. The van der Waals surface area contributed by atoms with Gasteiger partial charge in [0, 0.05) is 31.6 Å². The highest BCUT2D eigenvalue weighted by Gasteiger charge is 2.35. The molecule has 2 heterocycles. The Morgan fingerprint density at radius 3 is 2.27 bits per heavy atom. The number of nitrogens with zero attached hydrogens (tertiary/aromatic N) is 2. The van der Waals surface area contributed by atoms with Crippen molar-refractivity contribution in [3.8, 4) is 11.1 Å². The minimum atomic E-state index is -4.76. The van der Waals surface area contributed by atoms with E-state index in [1.807, 2.05) is 0 Å². The van der Waals surface area contributed by atoms with Gasteiger partial charge >= 0.3 is 12.3 Å². The van der Waals surface area contributed by atoms with Crippen LogP contribution in [0.25, 0.3) is 22.1 Å². The van der Waals surface area contributed by atoms with Gasteiger partial charge in [-0.2, -0.15) is 17.5 Å². The van der Waals surface area contributed by atoms with Gasteiger partial charge < -0.3 is 14.3 Å². The summed E-state index contributed by atoms with van der Waals surface area (Å²) in [4.78, 5) is 11.9. The molecule has 1 saturated heterocycles. The topological polar surface area (TPSA) is 100 Å². The number of carbonyl (C=O) groups is 1. The molecule has 1 aliphatic rings. The van der Waals surface area contributed by atoms with Gasteiger partial charge in [-0.05, 0) is 35.4 Å². The first-order valence-electron chi connectivity index (χ1n) is 9.78. The average molecular weight is 484 g/mol. The number of furan rings is 1. The van der Waals surface area contributed by atoms with Crippen LogP contribution in [0.2, 0.25) is 0 Å². The number of fused-ring (bicyclic) bond motifs is 1. The van der Waals surface area contributed by atoms with Crippen LogP contribution >= 0.6 is 0 Å². The molecule has 8 nitrogen and oxygen atoms in total. The summed E-state index contributed by atoms with van der Waals surface area (Å²) in [7, 11) is -2.59. The zero-order chi connectivity index (χ0) is 24.0. The Bertz CT molecular complexity index is 1300. The zero-order valence-electron chi connectivity index (χ0n) is 17.3. The number of rotatable bonds is 4. The maximum atomic E-state index is 13.7. The van der Waals surface area contributed by atoms with E-state index in [0.717, 1.165) is 13.1 Å². The Labute approximate surface area is 186 Å². The van der Waals surface area contributed by atoms with Crippen molar-refractivity contribution >= 4 is 33.0 Å². The minimum absolute atomic E-state index is 0.0268. The van der Waals surface area contributed by atoms with Crippen molar-refractivity contribution in [1.82, 2.24) is 4.31 Å². The number of halogens is 3. The maximum absolute atomic E-state index is 13.7. The molecule has 0 radical (unpaired) electrons. The fourth-order valence-corrected chi connectivity index (χ4v) is 4.94. The second-order valence-electron chi connectivity index (χ2n) is 7.41. The molecule has 176 valence electrons. The van der Waals surface area contributed by atoms with Crippen LogP contribution in [0.15, 0.2) is 51.8 Å². The SMILES string of the molecule is CN(C(=O)O)c1cc2cc(-c3ccc(S(=O)(=O)N4CCOCC4)cc3)cc(C(F)(F)F)c2o1. The molecule has 12 heteroatoms. The quantitative estimate of drug-likeness (QED) is 0.594. The van der Waals surface area contributed by atoms with Crippen molar-refractivity contribution in [2.75, 3.05) is 38.3 Å². The number of hydrogen-bond donors (Lipinski definition) is 1. The molecule has 1 fully saturated rings. The lowest BCUT2D eigenvalue weighted by Crippen LogP contribution is -2.40. The lowest BCUT2D eigenvalue weighted by atomic mass is 10.0. The molecule has 1 aromatic heterocycles. The Hall–Kier alpha value is -3.09. The number of alkyl halides is 3.